The Labute approximate surface area is 115 Å². The van der Waals surface area contributed by atoms with Gasteiger partial charge in [-0.05, 0) is 26.7 Å². The van der Waals surface area contributed by atoms with Gasteiger partial charge in [-0.3, -0.25) is 9.59 Å². The molecule has 19 heavy (non-hydrogen) atoms. The van der Waals surface area contributed by atoms with E-state index in [1.165, 1.54) is 0 Å². The molecule has 0 rings (SSSR count). The first-order chi connectivity index (χ1) is 9.11. The van der Waals surface area contributed by atoms with Crippen molar-refractivity contribution in [1.82, 2.24) is 0 Å². The fraction of sp³-hybridized carbons (Fsp3) is 0.857. The number of hydrogen-bond acceptors (Lipinski definition) is 5. The van der Waals surface area contributed by atoms with Crippen molar-refractivity contribution in [3.63, 3.8) is 0 Å². The lowest BCUT2D eigenvalue weighted by molar-refractivity contribution is -0.145. The van der Waals surface area contributed by atoms with E-state index < -0.39 is 6.04 Å². The van der Waals surface area contributed by atoms with Crippen LogP contribution in [0.3, 0.4) is 0 Å². The summed E-state index contributed by atoms with van der Waals surface area (Å²) in [5, 5.41) is 0. The summed E-state index contributed by atoms with van der Waals surface area (Å²) in [4.78, 5) is 22.3. The van der Waals surface area contributed by atoms with Gasteiger partial charge in [-0.15, -0.1) is 0 Å². The second-order valence-electron chi connectivity index (χ2n) is 4.47. The highest BCUT2D eigenvalue weighted by molar-refractivity contribution is 5.75. The summed E-state index contributed by atoms with van der Waals surface area (Å²) in [6, 6.07) is -0.500. The van der Waals surface area contributed by atoms with Gasteiger partial charge in [0.2, 0.25) is 0 Å². The van der Waals surface area contributed by atoms with Crippen molar-refractivity contribution >= 4 is 11.9 Å². The molecule has 0 aliphatic rings. The van der Waals surface area contributed by atoms with Crippen molar-refractivity contribution in [2.45, 2.75) is 64.8 Å². The van der Waals surface area contributed by atoms with Crippen LogP contribution >= 0.6 is 0 Å². The highest BCUT2D eigenvalue weighted by Crippen LogP contribution is 2.09. The van der Waals surface area contributed by atoms with Crippen LogP contribution in [-0.4, -0.2) is 31.2 Å². The molecular weight excluding hydrogens is 246 g/mol. The zero-order valence-electron chi connectivity index (χ0n) is 12.2. The minimum atomic E-state index is -0.500. The van der Waals surface area contributed by atoms with Crippen LogP contribution in [0.5, 0.6) is 0 Å². The Morgan fingerprint density at radius 2 is 1.53 bits per heavy atom. The smallest absolute Gasteiger partial charge is 0.322 e. The highest BCUT2D eigenvalue weighted by atomic mass is 16.5. The number of carbonyl (C=O) groups is 2. The molecule has 2 N–H and O–H groups in total. The molecular formula is C14H27NO4. The van der Waals surface area contributed by atoms with E-state index >= 15 is 0 Å². The molecule has 0 fully saturated rings. The Kier molecular flexibility index (Phi) is 11.3. The van der Waals surface area contributed by atoms with Crippen molar-refractivity contribution in [3.05, 3.63) is 0 Å². The van der Waals surface area contributed by atoms with Gasteiger partial charge >= 0.3 is 11.9 Å². The second-order valence-corrected chi connectivity index (χ2v) is 4.47. The van der Waals surface area contributed by atoms with E-state index in [-0.39, 0.29) is 11.9 Å². The maximum Gasteiger partial charge on any atom is 0.322 e. The minimum Gasteiger partial charge on any atom is -0.466 e. The standard InChI is InChI=1S/C14H27NO4/c1-3-18-13(16)11-9-7-5-6-8-10-12(15)14(17)19-4-2/h12H,3-11,15H2,1-2H3. The van der Waals surface area contributed by atoms with Crippen molar-refractivity contribution in [3.8, 4) is 0 Å². The summed E-state index contributed by atoms with van der Waals surface area (Å²) >= 11 is 0. The Hall–Kier alpha value is -1.10. The lowest BCUT2D eigenvalue weighted by Crippen LogP contribution is -2.32. The predicted octanol–water partition coefficient (Wildman–Crippen LogP) is 2.17. The number of rotatable bonds is 11. The van der Waals surface area contributed by atoms with Crippen molar-refractivity contribution in [2.75, 3.05) is 13.2 Å². The van der Waals surface area contributed by atoms with Crippen LogP contribution < -0.4 is 5.73 Å². The topological polar surface area (TPSA) is 78.6 Å². The molecule has 112 valence electrons. The maximum absolute atomic E-state index is 11.2. The quantitative estimate of drug-likeness (QED) is 0.461. The van der Waals surface area contributed by atoms with Gasteiger partial charge < -0.3 is 15.2 Å². The normalized spacial score (nSPS) is 11.9. The van der Waals surface area contributed by atoms with E-state index in [4.69, 9.17) is 15.2 Å². The van der Waals surface area contributed by atoms with E-state index in [1.54, 1.807) is 6.92 Å². The first kappa shape index (κ1) is 17.9. The number of carbonyl (C=O) groups excluding carboxylic acids is 2. The third kappa shape index (κ3) is 10.5. The first-order valence-electron chi connectivity index (χ1n) is 7.19. The van der Waals surface area contributed by atoms with Crippen LogP contribution in [0.2, 0.25) is 0 Å². The van der Waals surface area contributed by atoms with Gasteiger partial charge in [-0.2, -0.15) is 0 Å². The number of hydrogen-bond donors (Lipinski definition) is 1. The average molecular weight is 273 g/mol. The Morgan fingerprint density at radius 3 is 2.16 bits per heavy atom. The van der Waals surface area contributed by atoms with Crippen LogP contribution in [-0.2, 0) is 19.1 Å². The lowest BCUT2D eigenvalue weighted by Gasteiger charge is -2.09. The van der Waals surface area contributed by atoms with Gasteiger partial charge in [0.25, 0.3) is 0 Å². The van der Waals surface area contributed by atoms with Crippen LogP contribution in [0.4, 0.5) is 0 Å². The summed E-state index contributed by atoms with van der Waals surface area (Å²) < 4.78 is 9.68. The molecule has 0 aromatic rings. The minimum absolute atomic E-state index is 0.119. The number of unbranched alkanes of at least 4 members (excludes halogenated alkanes) is 4. The van der Waals surface area contributed by atoms with E-state index in [0.717, 1.165) is 32.1 Å². The summed E-state index contributed by atoms with van der Waals surface area (Å²) in [5.41, 5.74) is 5.68. The third-order valence-corrected chi connectivity index (χ3v) is 2.79. The van der Waals surface area contributed by atoms with Gasteiger partial charge in [0.15, 0.2) is 0 Å². The Balaban J connectivity index is 3.35. The molecule has 0 saturated heterocycles. The molecule has 0 aromatic carbocycles. The second kappa shape index (κ2) is 12.0. The predicted molar refractivity (Wildman–Crippen MR) is 73.6 cm³/mol. The van der Waals surface area contributed by atoms with Crippen molar-refractivity contribution in [1.29, 1.82) is 0 Å². The molecule has 0 saturated carbocycles. The molecule has 0 spiro atoms. The first-order valence-corrected chi connectivity index (χ1v) is 7.19. The fourth-order valence-corrected chi connectivity index (χ4v) is 1.76. The average Bonchev–Trinajstić information content (AvgIpc) is 2.38. The molecule has 0 aliphatic heterocycles. The van der Waals surface area contributed by atoms with Crippen molar-refractivity contribution in [2.24, 2.45) is 5.73 Å². The lowest BCUT2D eigenvalue weighted by atomic mass is 10.1. The Bertz CT molecular complexity index is 256. The molecule has 0 heterocycles. The molecule has 0 aromatic heterocycles. The zero-order valence-corrected chi connectivity index (χ0v) is 12.2. The molecule has 5 nitrogen and oxygen atoms in total. The van der Waals surface area contributed by atoms with Gasteiger partial charge in [0, 0.05) is 6.42 Å². The van der Waals surface area contributed by atoms with Gasteiger partial charge in [0.1, 0.15) is 6.04 Å². The summed E-state index contributed by atoms with van der Waals surface area (Å²) in [5.74, 6) is -0.434. The summed E-state index contributed by atoms with van der Waals surface area (Å²) in [6.07, 6.45) is 6.02. The summed E-state index contributed by atoms with van der Waals surface area (Å²) in [6.45, 7) is 4.41. The number of esters is 2. The molecule has 0 bridgehead atoms. The largest absolute Gasteiger partial charge is 0.466 e. The molecule has 0 radical (unpaired) electrons. The van der Waals surface area contributed by atoms with Crippen molar-refractivity contribution < 1.29 is 19.1 Å². The molecule has 0 aliphatic carbocycles. The fourth-order valence-electron chi connectivity index (χ4n) is 1.76. The number of nitrogens with two attached hydrogens (primary N) is 1. The van der Waals surface area contributed by atoms with Crippen LogP contribution in [0.25, 0.3) is 0 Å². The van der Waals surface area contributed by atoms with Gasteiger partial charge in [-0.25, -0.2) is 0 Å². The Morgan fingerprint density at radius 1 is 0.947 bits per heavy atom. The third-order valence-electron chi connectivity index (χ3n) is 2.79. The van der Waals surface area contributed by atoms with Crippen LogP contribution in [0.1, 0.15) is 58.8 Å². The van der Waals surface area contributed by atoms with Crippen LogP contribution in [0.15, 0.2) is 0 Å². The number of ether oxygens (including phenoxy) is 2. The van der Waals surface area contributed by atoms with Gasteiger partial charge in [0.05, 0.1) is 13.2 Å². The summed E-state index contributed by atoms with van der Waals surface area (Å²) in [7, 11) is 0. The van der Waals surface area contributed by atoms with E-state index in [2.05, 4.69) is 0 Å². The maximum atomic E-state index is 11.2. The highest BCUT2D eigenvalue weighted by Gasteiger charge is 2.13. The molecule has 1 unspecified atom stereocenters. The monoisotopic (exact) mass is 273 g/mol. The zero-order chi connectivity index (χ0) is 14.5. The van der Waals surface area contributed by atoms with E-state index in [9.17, 15) is 9.59 Å². The van der Waals surface area contributed by atoms with Crippen LogP contribution in [0, 0.1) is 0 Å². The molecule has 1 atom stereocenters. The van der Waals surface area contributed by atoms with E-state index in [1.807, 2.05) is 6.92 Å². The molecule has 0 amide bonds. The molecule has 5 heteroatoms. The SMILES string of the molecule is CCOC(=O)CCCCCCCC(N)C(=O)OCC. The van der Waals surface area contributed by atoms with E-state index in [0.29, 0.717) is 26.1 Å². The van der Waals surface area contributed by atoms with Gasteiger partial charge in [-0.1, -0.05) is 25.7 Å².